The van der Waals surface area contributed by atoms with Crippen molar-refractivity contribution in [2.45, 2.75) is 38.9 Å². The topological polar surface area (TPSA) is 30.9 Å². The molecular formula is C15H21BFNO3. The number of hydrogen-bond donors (Lipinski definition) is 0. The molecule has 0 saturated carbocycles. The molecule has 3 rings (SSSR count). The number of fused-ring (bicyclic) bond motifs is 1. The van der Waals surface area contributed by atoms with Crippen LogP contribution in [-0.2, 0) is 9.31 Å². The minimum Gasteiger partial charge on any atom is -0.486 e. The van der Waals surface area contributed by atoms with Crippen LogP contribution in [0.4, 0.5) is 10.1 Å². The van der Waals surface area contributed by atoms with E-state index in [0.29, 0.717) is 17.8 Å². The van der Waals surface area contributed by atoms with E-state index in [4.69, 9.17) is 14.0 Å². The van der Waals surface area contributed by atoms with Crippen LogP contribution in [0, 0.1) is 5.82 Å². The average Bonchev–Trinajstić information content (AvgIpc) is 2.60. The first kappa shape index (κ1) is 14.7. The molecule has 0 radical (unpaired) electrons. The summed E-state index contributed by atoms with van der Waals surface area (Å²) < 4.78 is 31.7. The van der Waals surface area contributed by atoms with Gasteiger partial charge in [0, 0.05) is 7.05 Å². The molecule has 2 aliphatic rings. The van der Waals surface area contributed by atoms with Gasteiger partial charge in [-0.15, -0.1) is 0 Å². The van der Waals surface area contributed by atoms with Crippen LogP contribution in [0.25, 0.3) is 0 Å². The summed E-state index contributed by atoms with van der Waals surface area (Å²) in [5, 5.41) is 0. The summed E-state index contributed by atoms with van der Waals surface area (Å²) in [5.74, 6) is -0.0622. The standard InChI is InChI=1S/C15H21BFNO3/c1-14(2)15(3,4)21-16(20-14)10-8-11(17)13-12(9-10)18(5)6-7-19-13/h8-9H,6-7H2,1-5H3. The van der Waals surface area contributed by atoms with Gasteiger partial charge < -0.3 is 18.9 Å². The maximum absolute atomic E-state index is 14.3. The molecule has 0 bridgehead atoms. The van der Waals surface area contributed by atoms with Crippen molar-refractivity contribution in [1.29, 1.82) is 0 Å². The first-order valence-corrected chi connectivity index (χ1v) is 7.24. The maximum Gasteiger partial charge on any atom is 0.495 e. The molecule has 4 nitrogen and oxygen atoms in total. The molecule has 0 aromatic heterocycles. The van der Waals surface area contributed by atoms with E-state index in [-0.39, 0.29) is 5.82 Å². The number of nitrogens with zero attached hydrogens (tertiary/aromatic N) is 1. The Morgan fingerprint density at radius 3 is 2.38 bits per heavy atom. The van der Waals surface area contributed by atoms with E-state index in [1.165, 1.54) is 6.07 Å². The van der Waals surface area contributed by atoms with Crippen molar-refractivity contribution in [3.05, 3.63) is 17.9 Å². The van der Waals surface area contributed by atoms with Gasteiger partial charge in [0.2, 0.25) is 0 Å². The molecule has 1 aromatic rings. The lowest BCUT2D eigenvalue weighted by Gasteiger charge is -2.32. The number of hydrogen-bond acceptors (Lipinski definition) is 4. The lowest BCUT2D eigenvalue weighted by atomic mass is 9.78. The van der Waals surface area contributed by atoms with Crippen LogP contribution in [-0.4, -0.2) is 38.5 Å². The highest BCUT2D eigenvalue weighted by Gasteiger charge is 2.52. The summed E-state index contributed by atoms with van der Waals surface area (Å²) in [6.45, 7) is 9.16. The van der Waals surface area contributed by atoms with E-state index in [0.717, 1.165) is 12.2 Å². The lowest BCUT2D eigenvalue weighted by molar-refractivity contribution is 0.00578. The first-order chi connectivity index (χ1) is 9.71. The highest BCUT2D eigenvalue weighted by molar-refractivity contribution is 6.62. The van der Waals surface area contributed by atoms with Gasteiger partial charge in [-0.1, -0.05) is 0 Å². The molecule has 114 valence electrons. The Kier molecular flexibility index (Phi) is 3.22. The third-order valence-corrected chi connectivity index (χ3v) is 4.66. The Balaban J connectivity index is 1.98. The molecule has 0 amide bonds. The summed E-state index contributed by atoms with van der Waals surface area (Å²) in [6.07, 6.45) is 0. The molecule has 2 aliphatic heterocycles. The average molecular weight is 293 g/mol. The number of halogens is 1. The molecule has 1 aromatic carbocycles. The predicted molar refractivity (Wildman–Crippen MR) is 80.9 cm³/mol. The number of anilines is 1. The van der Waals surface area contributed by atoms with E-state index in [9.17, 15) is 4.39 Å². The Hall–Kier alpha value is -1.27. The fourth-order valence-corrected chi connectivity index (χ4v) is 2.55. The van der Waals surface area contributed by atoms with Gasteiger partial charge in [0.05, 0.1) is 23.4 Å². The highest BCUT2D eigenvalue weighted by Crippen LogP contribution is 2.38. The summed E-state index contributed by atoms with van der Waals surface area (Å²) >= 11 is 0. The van der Waals surface area contributed by atoms with Gasteiger partial charge >= 0.3 is 7.12 Å². The number of benzene rings is 1. The fraction of sp³-hybridized carbons (Fsp3) is 0.600. The highest BCUT2D eigenvalue weighted by atomic mass is 19.1. The van der Waals surface area contributed by atoms with Crippen molar-refractivity contribution in [2.24, 2.45) is 0 Å². The van der Waals surface area contributed by atoms with Crippen molar-refractivity contribution in [1.82, 2.24) is 0 Å². The van der Waals surface area contributed by atoms with E-state index >= 15 is 0 Å². The smallest absolute Gasteiger partial charge is 0.486 e. The monoisotopic (exact) mass is 293 g/mol. The van der Waals surface area contributed by atoms with Crippen LogP contribution in [0.2, 0.25) is 0 Å². The molecule has 0 unspecified atom stereocenters. The summed E-state index contributed by atoms with van der Waals surface area (Å²) in [4.78, 5) is 1.98. The second-order valence-corrected chi connectivity index (χ2v) is 6.71. The summed E-state index contributed by atoms with van der Waals surface area (Å²) in [7, 11) is 1.36. The van der Waals surface area contributed by atoms with Crippen molar-refractivity contribution in [3.8, 4) is 5.75 Å². The predicted octanol–water partition coefficient (Wildman–Crippen LogP) is 1.95. The van der Waals surface area contributed by atoms with E-state index in [1.54, 1.807) is 0 Å². The van der Waals surface area contributed by atoms with Gasteiger partial charge in [-0.2, -0.15) is 0 Å². The second kappa shape index (κ2) is 4.61. The SMILES string of the molecule is CN1CCOc2c(F)cc(B3OC(C)(C)C(C)(C)O3)cc21. The quantitative estimate of drug-likeness (QED) is 0.741. The van der Waals surface area contributed by atoms with Crippen molar-refractivity contribution in [3.63, 3.8) is 0 Å². The molecule has 6 heteroatoms. The van der Waals surface area contributed by atoms with Crippen molar-refractivity contribution >= 4 is 18.3 Å². The molecule has 0 aliphatic carbocycles. The molecule has 21 heavy (non-hydrogen) atoms. The van der Waals surface area contributed by atoms with Gasteiger partial charge in [0.1, 0.15) is 6.61 Å². The molecule has 1 saturated heterocycles. The lowest BCUT2D eigenvalue weighted by Crippen LogP contribution is -2.41. The van der Waals surface area contributed by atoms with Gasteiger partial charge in [-0.3, -0.25) is 0 Å². The van der Waals surface area contributed by atoms with E-state index in [1.807, 2.05) is 45.7 Å². The molecule has 2 heterocycles. The third kappa shape index (κ3) is 2.30. The molecule has 0 atom stereocenters. The van der Waals surface area contributed by atoms with Crippen LogP contribution in [0.1, 0.15) is 27.7 Å². The number of likely N-dealkylation sites (N-methyl/N-ethyl adjacent to an activating group) is 1. The van der Waals surface area contributed by atoms with Gasteiger partial charge in [0.15, 0.2) is 11.6 Å². The van der Waals surface area contributed by atoms with Crippen LogP contribution in [0.15, 0.2) is 12.1 Å². The minimum atomic E-state index is -0.565. The van der Waals surface area contributed by atoms with Crippen LogP contribution in [0.3, 0.4) is 0 Å². The Morgan fingerprint density at radius 1 is 1.14 bits per heavy atom. The number of rotatable bonds is 1. The largest absolute Gasteiger partial charge is 0.495 e. The molecular weight excluding hydrogens is 272 g/mol. The zero-order valence-electron chi connectivity index (χ0n) is 13.2. The van der Waals surface area contributed by atoms with Crippen LogP contribution >= 0.6 is 0 Å². The summed E-state index contributed by atoms with van der Waals surface area (Å²) in [6, 6.07) is 3.33. The fourth-order valence-electron chi connectivity index (χ4n) is 2.55. The molecule has 0 N–H and O–H groups in total. The van der Waals surface area contributed by atoms with Crippen LogP contribution in [0.5, 0.6) is 5.75 Å². The van der Waals surface area contributed by atoms with Crippen LogP contribution < -0.4 is 15.1 Å². The second-order valence-electron chi connectivity index (χ2n) is 6.71. The van der Waals surface area contributed by atoms with Gasteiger partial charge in [0.25, 0.3) is 0 Å². The van der Waals surface area contributed by atoms with Crippen molar-refractivity contribution < 1.29 is 18.4 Å². The summed E-state index contributed by atoms with van der Waals surface area (Å²) in [5.41, 5.74) is 0.548. The normalized spacial score (nSPS) is 23.0. The van der Waals surface area contributed by atoms with Gasteiger partial charge in [-0.25, -0.2) is 4.39 Å². The Labute approximate surface area is 125 Å². The zero-order valence-corrected chi connectivity index (χ0v) is 13.2. The number of ether oxygens (including phenoxy) is 1. The third-order valence-electron chi connectivity index (χ3n) is 4.66. The minimum absolute atomic E-state index is 0.309. The van der Waals surface area contributed by atoms with E-state index in [2.05, 4.69) is 0 Å². The maximum atomic E-state index is 14.3. The molecule has 0 spiro atoms. The Bertz CT molecular complexity index is 560. The zero-order chi connectivity index (χ0) is 15.4. The Morgan fingerprint density at radius 2 is 1.76 bits per heavy atom. The molecule has 1 fully saturated rings. The first-order valence-electron chi connectivity index (χ1n) is 7.24. The van der Waals surface area contributed by atoms with E-state index < -0.39 is 18.3 Å². The van der Waals surface area contributed by atoms with Gasteiger partial charge in [-0.05, 0) is 45.3 Å². The van der Waals surface area contributed by atoms with Crippen molar-refractivity contribution in [2.75, 3.05) is 25.1 Å².